The van der Waals surface area contributed by atoms with Crippen LogP contribution >= 0.6 is 0 Å². The van der Waals surface area contributed by atoms with Crippen LogP contribution in [0.4, 0.5) is 0 Å². The molecule has 2 aliphatic carbocycles. The summed E-state index contributed by atoms with van der Waals surface area (Å²) in [6, 6.07) is 6.72. The maximum Gasteiger partial charge on any atom is 0.330 e. The maximum absolute atomic E-state index is 10.2. The van der Waals surface area contributed by atoms with Crippen LogP contribution in [0.25, 0.3) is 0 Å². The Morgan fingerprint density at radius 3 is 2.23 bits per heavy atom. The van der Waals surface area contributed by atoms with E-state index < -0.39 is 11.2 Å². The number of hydrogen-bond donors (Lipinski definition) is 1. The van der Waals surface area contributed by atoms with Crippen molar-refractivity contribution >= 4 is 12.9 Å². The van der Waals surface area contributed by atoms with Gasteiger partial charge in [0.05, 0.1) is 11.2 Å². The van der Waals surface area contributed by atoms with Crippen LogP contribution in [0.1, 0.15) is 71.9 Å². The molecule has 0 aliphatic heterocycles. The summed E-state index contributed by atoms with van der Waals surface area (Å²) in [4.78, 5) is 0. The van der Waals surface area contributed by atoms with Crippen LogP contribution in [0.2, 0.25) is 0 Å². The van der Waals surface area contributed by atoms with Gasteiger partial charge in [0.25, 0.3) is 0 Å². The molecule has 0 heterocycles. The Labute approximate surface area is 135 Å². The van der Waals surface area contributed by atoms with Crippen molar-refractivity contribution < 1.29 is 9.76 Å². The van der Waals surface area contributed by atoms with Crippen molar-refractivity contribution in [2.24, 2.45) is 0 Å². The van der Waals surface area contributed by atoms with Crippen LogP contribution in [0.3, 0.4) is 0 Å². The molecule has 119 valence electrons. The van der Waals surface area contributed by atoms with Crippen molar-refractivity contribution in [3.63, 3.8) is 0 Å². The number of fused-ring (bicyclic) bond motifs is 5. The first-order valence-corrected chi connectivity index (χ1v) is 8.35. The van der Waals surface area contributed by atoms with Crippen LogP contribution in [-0.2, 0) is 15.5 Å². The zero-order chi connectivity index (χ0) is 16.4. The third-order valence-corrected chi connectivity index (χ3v) is 6.32. The minimum atomic E-state index is -0.890. The summed E-state index contributed by atoms with van der Waals surface area (Å²) < 4.78 is 5.90. The molecule has 2 atom stereocenters. The van der Waals surface area contributed by atoms with E-state index in [1.54, 1.807) is 21.3 Å². The first-order chi connectivity index (χ1) is 9.97. The van der Waals surface area contributed by atoms with Gasteiger partial charge in [-0.2, -0.15) is 0 Å². The number of rotatable bonds is 4. The molecule has 0 amide bonds. The first kappa shape index (κ1) is 16.1. The van der Waals surface area contributed by atoms with Crippen LogP contribution < -0.4 is 5.46 Å². The zero-order valence-corrected chi connectivity index (χ0v) is 14.8. The lowest BCUT2D eigenvalue weighted by Crippen LogP contribution is -2.49. The van der Waals surface area contributed by atoms with Gasteiger partial charge in [0.1, 0.15) is 0 Å². The molecule has 1 aromatic rings. The molecule has 0 aromatic heterocycles. The Balaban J connectivity index is 1.82. The topological polar surface area (TPSA) is 29.5 Å². The van der Waals surface area contributed by atoms with E-state index in [4.69, 9.17) is 4.65 Å². The molecular formula is C19H28BO2. The Hall–Kier alpha value is -0.795. The Morgan fingerprint density at radius 2 is 1.64 bits per heavy atom. The van der Waals surface area contributed by atoms with Crippen molar-refractivity contribution in [3.8, 4) is 0 Å². The summed E-state index contributed by atoms with van der Waals surface area (Å²) in [6.07, 6.45) is 3.87. The molecular weight excluding hydrogens is 271 g/mol. The molecule has 2 bridgehead atoms. The zero-order valence-electron chi connectivity index (χ0n) is 14.8. The second kappa shape index (κ2) is 4.61. The van der Waals surface area contributed by atoms with Crippen molar-refractivity contribution in [1.29, 1.82) is 0 Å². The summed E-state index contributed by atoms with van der Waals surface area (Å²) in [5.41, 5.74) is 3.31. The third-order valence-electron chi connectivity index (χ3n) is 6.32. The molecule has 3 heteroatoms. The molecule has 1 radical (unpaired) electrons. The Kier molecular flexibility index (Phi) is 3.37. The summed E-state index contributed by atoms with van der Waals surface area (Å²) in [5.74, 6) is 0. The van der Waals surface area contributed by atoms with Gasteiger partial charge in [-0.1, -0.05) is 37.5 Å². The van der Waals surface area contributed by atoms with Crippen molar-refractivity contribution in [2.45, 2.75) is 82.8 Å². The van der Waals surface area contributed by atoms with Gasteiger partial charge in [-0.25, -0.2) is 0 Å². The molecule has 3 rings (SSSR count). The van der Waals surface area contributed by atoms with Gasteiger partial charge in [-0.05, 0) is 68.9 Å². The molecule has 2 aliphatic rings. The fourth-order valence-corrected chi connectivity index (χ4v) is 4.07. The van der Waals surface area contributed by atoms with Crippen LogP contribution in [0.5, 0.6) is 0 Å². The second-order valence-electron chi connectivity index (χ2n) is 8.91. The molecule has 2 unspecified atom stereocenters. The van der Waals surface area contributed by atoms with E-state index in [1.165, 1.54) is 30.4 Å². The molecule has 0 spiro atoms. The first-order valence-electron chi connectivity index (χ1n) is 8.35. The largest absolute Gasteiger partial charge is 0.427 e. The second-order valence-corrected chi connectivity index (χ2v) is 8.91. The predicted molar refractivity (Wildman–Crippen MR) is 91.8 cm³/mol. The maximum atomic E-state index is 10.2. The van der Waals surface area contributed by atoms with Gasteiger partial charge in [-0.15, -0.1) is 0 Å². The monoisotopic (exact) mass is 299 g/mol. The fraction of sp³-hybridized carbons (Fsp3) is 0.684. The number of hydrogen-bond acceptors (Lipinski definition) is 2. The molecule has 2 nitrogen and oxygen atoms in total. The number of benzene rings is 1. The SMILES string of the molecule is CC12CCC(C)(C1)c1cc([B]OC(C)(C)C(C)(C)O)ccc12. The minimum absolute atomic E-state index is 0.333. The molecule has 22 heavy (non-hydrogen) atoms. The standard InChI is InChI=1S/C19H28BO2/c1-16(2,21)17(3,4)22-20-13-7-8-14-15(11-13)19(6)10-9-18(14,5)12-19/h7-8,11,21H,9-10,12H2,1-6H3. The molecule has 1 saturated carbocycles. The molecule has 1 N–H and O–H groups in total. The van der Waals surface area contributed by atoms with Gasteiger partial charge in [0.15, 0.2) is 0 Å². The van der Waals surface area contributed by atoms with Crippen molar-refractivity contribution in [1.82, 2.24) is 0 Å². The predicted octanol–water partition coefficient (Wildman–Crippen LogP) is 3.21. The lowest BCUT2D eigenvalue weighted by atomic mass is 9.74. The summed E-state index contributed by atoms with van der Waals surface area (Å²) in [5, 5.41) is 10.2. The van der Waals surface area contributed by atoms with E-state index in [1.807, 2.05) is 13.8 Å². The minimum Gasteiger partial charge on any atom is -0.427 e. The highest BCUT2D eigenvalue weighted by molar-refractivity contribution is 6.47. The Bertz CT molecular complexity index is 602. The average Bonchev–Trinajstić information content (AvgIpc) is 2.83. The summed E-state index contributed by atoms with van der Waals surface area (Å²) >= 11 is 0. The lowest BCUT2D eigenvalue weighted by molar-refractivity contribution is -0.0893. The summed E-state index contributed by atoms with van der Waals surface area (Å²) in [7, 11) is 1.80. The van der Waals surface area contributed by atoms with E-state index in [0.717, 1.165) is 5.46 Å². The molecule has 1 aromatic carbocycles. The van der Waals surface area contributed by atoms with Gasteiger partial charge < -0.3 is 9.76 Å². The van der Waals surface area contributed by atoms with Gasteiger partial charge in [0.2, 0.25) is 0 Å². The van der Waals surface area contributed by atoms with Crippen molar-refractivity contribution in [2.75, 3.05) is 0 Å². The third kappa shape index (κ3) is 2.34. The fourth-order valence-electron chi connectivity index (χ4n) is 4.07. The normalized spacial score (nSPS) is 30.5. The van der Waals surface area contributed by atoms with E-state index in [-0.39, 0.29) is 0 Å². The smallest absolute Gasteiger partial charge is 0.330 e. The van der Waals surface area contributed by atoms with Crippen LogP contribution in [0.15, 0.2) is 18.2 Å². The molecule has 1 fully saturated rings. The quantitative estimate of drug-likeness (QED) is 0.865. The highest BCUT2D eigenvalue weighted by Crippen LogP contribution is 2.59. The van der Waals surface area contributed by atoms with Crippen molar-refractivity contribution in [3.05, 3.63) is 29.3 Å². The van der Waals surface area contributed by atoms with Crippen LogP contribution in [-0.4, -0.2) is 23.8 Å². The highest BCUT2D eigenvalue weighted by atomic mass is 16.5. The van der Waals surface area contributed by atoms with E-state index in [2.05, 4.69) is 32.0 Å². The number of aliphatic hydroxyl groups is 1. The summed E-state index contributed by atoms with van der Waals surface area (Å²) in [6.45, 7) is 12.2. The van der Waals surface area contributed by atoms with E-state index in [0.29, 0.717) is 10.8 Å². The lowest BCUT2D eigenvalue weighted by Gasteiger charge is -2.37. The van der Waals surface area contributed by atoms with Gasteiger partial charge in [0, 0.05) is 0 Å². The van der Waals surface area contributed by atoms with E-state index in [9.17, 15) is 5.11 Å². The van der Waals surface area contributed by atoms with Crippen LogP contribution in [0, 0.1) is 0 Å². The molecule has 0 saturated heterocycles. The van der Waals surface area contributed by atoms with E-state index >= 15 is 0 Å². The highest BCUT2D eigenvalue weighted by Gasteiger charge is 2.52. The van der Waals surface area contributed by atoms with Gasteiger partial charge >= 0.3 is 7.48 Å². The van der Waals surface area contributed by atoms with Gasteiger partial charge in [-0.3, -0.25) is 0 Å². The average molecular weight is 299 g/mol. The Morgan fingerprint density at radius 1 is 1.05 bits per heavy atom.